The molecule has 0 N–H and O–H groups in total. The maximum absolute atomic E-state index is 5.84. The monoisotopic (exact) mass is 246 g/mol. The highest BCUT2D eigenvalue weighted by atomic mass is 33.1. The van der Waals surface area contributed by atoms with Crippen molar-refractivity contribution in [2.24, 2.45) is 0 Å². The van der Waals surface area contributed by atoms with Crippen molar-refractivity contribution in [1.82, 2.24) is 0 Å². The fraction of sp³-hybridized carbons (Fsp3) is 0. The summed E-state index contributed by atoms with van der Waals surface area (Å²) in [7, 11) is 1.39. The molecule has 2 aromatic carbocycles. The zero-order chi connectivity index (χ0) is 11.2. The molecule has 2 rings (SSSR count). The fourth-order valence-electron chi connectivity index (χ4n) is 1.38. The van der Waals surface area contributed by atoms with Crippen LogP contribution in [0.4, 0.5) is 0 Å². The minimum Gasteiger partial charge on any atom is -0.546 e. The molecule has 0 aromatic heterocycles. The quantitative estimate of drug-likeness (QED) is 0.504. The summed E-state index contributed by atoms with van der Waals surface area (Å²) in [4.78, 5) is 0. The third-order valence-electron chi connectivity index (χ3n) is 2.15. The summed E-state index contributed by atoms with van der Waals surface area (Å²) < 4.78 is 5.84. The Morgan fingerprint density at radius 1 is 0.875 bits per heavy atom. The zero-order valence-corrected chi connectivity index (χ0v) is 10.3. The minimum atomic E-state index is -0.0769. The molecule has 80 valence electrons. The summed E-state index contributed by atoms with van der Waals surface area (Å²) in [6, 6.07) is 19.8. The molecule has 16 heavy (non-hydrogen) atoms. The number of thiol groups is 1. The lowest BCUT2D eigenvalue weighted by Gasteiger charge is -2.12. The van der Waals surface area contributed by atoms with E-state index in [1.807, 2.05) is 60.7 Å². The normalized spacial score (nSPS) is 9.81. The summed E-state index contributed by atoms with van der Waals surface area (Å²) in [6.45, 7) is 0. The van der Waals surface area contributed by atoms with Gasteiger partial charge in [0.2, 0.25) is 0 Å². The topological polar surface area (TPSA) is 9.23 Å². The number of para-hydroxylation sites is 1. The maximum atomic E-state index is 5.84. The van der Waals surface area contributed by atoms with Crippen molar-refractivity contribution >= 4 is 34.0 Å². The molecular formula is C12H11BOS2. The molecule has 0 saturated carbocycles. The summed E-state index contributed by atoms with van der Waals surface area (Å²) >= 11 is 4.25. The van der Waals surface area contributed by atoms with Crippen LogP contribution in [0, 0.1) is 0 Å². The van der Waals surface area contributed by atoms with Gasteiger partial charge in [0.05, 0.1) is 5.75 Å². The Balaban J connectivity index is 2.13. The van der Waals surface area contributed by atoms with E-state index in [0.29, 0.717) is 0 Å². The second-order valence-corrected chi connectivity index (χ2v) is 4.55. The molecule has 1 nitrogen and oxygen atoms in total. The molecule has 0 aliphatic carbocycles. The van der Waals surface area contributed by atoms with Crippen molar-refractivity contribution in [1.29, 1.82) is 0 Å². The van der Waals surface area contributed by atoms with Gasteiger partial charge in [-0.05, 0) is 17.6 Å². The Kier molecular flexibility index (Phi) is 4.25. The second kappa shape index (κ2) is 5.92. The average Bonchev–Trinajstić information content (AvgIpc) is 2.38. The van der Waals surface area contributed by atoms with E-state index in [9.17, 15) is 0 Å². The third kappa shape index (κ3) is 3.00. The molecule has 0 aliphatic rings. The number of benzene rings is 2. The lowest BCUT2D eigenvalue weighted by molar-refractivity contribution is 0.599. The van der Waals surface area contributed by atoms with Gasteiger partial charge in [-0.15, -0.1) is 11.7 Å². The Hall–Kier alpha value is -0.995. The number of hydrogen-bond donors (Lipinski definition) is 1. The van der Waals surface area contributed by atoms with E-state index < -0.39 is 0 Å². The van der Waals surface area contributed by atoms with Crippen molar-refractivity contribution in [3.05, 3.63) is 60.7 Å². The van der Waals surface area contributed by atoms with Crippen LogP contribution in [-0.4, -0.2) is 6.19 Å². The van der Waals surface area contributed by atoms with Crippen LogP contribution in [-0.2, 0) is 0 Å². The molecule has 0 spiro atoms. The summed E-state index contributed by atoms with van der Waals surface area (Å²) in [5.41, 5.74) is 1.12. The van der Waals surface area contributed by atoms with Gasteiger partial charge < -0.3 is 4.65 Å². The first-order valence-electron chi connectivity index (χ1n) is 4.97. The van der Waals surface area contributed by atoms with Gasteiger partial charge in [0.25, 0.3) is 0 Å². The van der Waals surface area contributed by atoms with Crippen molar-refractivity contribution in [2.75, 3.05) is 0 Å². The summed E-state index contributed by atoms with van der Waals surface area (Å²) in [5, 5.41) is 0. The lowest BCUT2D eigenvalue weighted by Crippen LogP contribution is -2.32. The van der Waals surface area contributed by atoms with E-state index in [1.54, 1.807) is 0 Å². The molecule has 0 atom stereocenters. The largest absolute Gasteiger partial charge is 0.546 e. The van der Waals surface area contributed by atoms with Gasteiger partial charge in [0.1, 0.15) is 0 Å². The zero-order valence-electron chi connectivity index (χ0n) is 8.61. The first-order valence-corrected chi connectivity index (χ1v) is 6.90. The van der Waals surface area contributed by atoms with Crippen molar-refractivity contribution in [3.8, 4) is 5.75 Å². The smallest absolute Gasteiger partial charge is 0.472 e. The van der Waals surface area contributed by atoms with Crippen molar-refractivity contribution < 1.29 is 4.65 Å². The molecule has 0 amide bonds. The highest BCUT2D eigenvalue weighted by molar-refractivity contribution is 8.80. The van der Waals surface area contributed by atoms with E-state index in [1.165, 1.54) is 10.6 Å². The second-order valence-electron chi connectivity index (χ2n) is 3.28. The van der Waals surface area contributed by atoms with Crippen molar-refractivity contribution in [3.63, 3.8) is 0 Å². The Morgan fingerprint density at radius 3 is 2.00 bits per heavy atom. The first kappa shape index (κ1) is 11.5. The average molecular weight is 246 g/mol. The molecule has 0 heterocycles. The fourth-order valence-corrected chi connectivity index (χ4v) is 2.31. The summed E-state index contributed by atoms with van der Waals surface area (Å²) in [5.74, 6) is 0.859. The van der Waals surface area contributed by atoms with Gasteiger partial charge in [-0.3, -0.25) is 0 Å². The highest BCUT2D eigenvalue weighted by Crippen LogP contribution is 2.17. The van der Waals surface area contributed by atoms with Crippen LogP contribution in [0.2, 0.25) is 0 Å². The van der Waals surface area contributed by atoms with Crippen LogP contribution < -0.4 is 10.1 Å². The predicted octanol–water partition coefficient (Wildman–Crippen LogP) is 3.04. The molecule has 0 fully saturated rings. The van der Waals surface area contributed by atoms with Crippen LogP contribution >= 0.6 is 22.3 Å². The molecule has 0 saturated heterocycles. The van der Waals surface area contributed by atoms with E-state index in [2.05, 4.69) is 11.7 Å². The van der Waals surface area contributed by atoms with Crippen LogP contribution in [0.25, 0.3) is 0 Å². The van der Waals surface area contributed by atoms with Crippen molar-refractivity contribution in [2.45, 2.75) is 0 Å². The Labute approximate surface area is 105 Å². The van der Waals surface area contributed by atoms with E-state index in [0.717, 1.165) is 11.2 Å². The van der Waals surface area contributed by atoms with Gasteiger partial charge in [0.15, 0.2) is 0 Å². The standard InChI is InChI=1S/C12H11BOS2/c15-16-13(11-7-3-1-4-8-11)14-12-9-5-2-6-10-12/h1-10,15H. The maximum Gasteiger partial charge on any atom is 0.472 e. The third-order valence-corrected chi connectivity index (χ3v) is 3.29. The van der Waals surface area contributed by atoms with E-state index in [4.69, 9.17) is 4.65 Å². The minimum absolute atomic E-state index is 0.0769. The summed E-state index contributed by atoms with van der Waals surface area (Å²) in [6.07, 6.45) is -0.0769. The number of hydrogen-bond acceptors (Lipinski definition) is 3. The van der Waals surface area contributed by atoms with Crippen LogP contribution in [0.15, 0.2) is 60.7 Å². The van der Waals surface area contributed by atoms with E-state index in [-0.39, 0.29) is 6.19 Å². The van der Waals surface area contributed by atoms with Gasteiger partial charge >= 0.3 is 6.19 Å². The van der Waals surface area contributed by atoms with Crippen LogP contribution in [0.5, 0.6) is 5.75 Å². The highest BCUT2D eigenvalue weighted by Gasteiger charge is 2.19. The molecule has 0 radical (unpaired) electrons. The molecule has 0 unspecified atom stereocenters. The van der Waals surface area contributed by atoms with Gasteiger partial charge in [-0.25, -0.2) is 0 Å². The molecule has 4 heteroatoms. The van der Waals surface area contributed by atoms with E-state index >= 15 is 0 Å². The Bertz CT molecular complexity index is 422. The molecule has 2 aromatic rings. The van der Waals surface area contributed by atoms with Gasteiger partial charge in [-0.1, -0.05) is 59.2 Å². The number of rotatable bonds is 4. The molecule has 0 bridgehead atoms. The lowest BCUT2D eigenvalue weighted by atomic mass is 9.86. The molecular weight excluding hydrogens is 235 g/mol. The van der Waals surface area contributed by atoms with Crippen LogP contribution in [0.1, 0.15) is 0 Å². The SMILES string of the molecule is SSB(Oc1ccccc1)c1ccccc1. The Morgan fingerprint density at radius 2 is 1.44 bits per heavy atom. The van der Waals surface area contributed by atoms with Gasteiger partial charge in [0, 0.05) is 0 Å². The molecule has 0 aliphatic heterocycles. The first-order chi connectivity index (χ1) is 7.90. The van der Waals surface area contributed by atoms with Crippen LogP contribution in [0.3, 0.4) is 0 Å². The predicted molar refractivity (Wildman–Crippen MR) is 75.5 cm³/mol. The van der Waals surface area contributed by atoms with Gasteiger partial charge in [-0.2, -0.15) is 0 Å².